The molecule has 1 unspecified atom stereocenters. The first-order valence-corrected chi connectivity index (χ1v) is 8.13. The van der Waals surface area contributed by atoms with Crippen molar-refractivity contribution in [3.63, 3.8) is 0 Å². The molecule has 1 amide bonds. The molecule has 1 atom stereocenters. The highest BCUT2D eigenvalue weighted by atomic mass is 32.1. The van der Waals surface area contributed by atoms with Crippen molar-refractivity contribution in [1.82, 2.24) is 4.90 Å². The Morgan fingerprint density at radius 1 is 1.35 bits per heavy atom. The first-order valence-electron chi connectivity index (χ1n) is 7.32. The first kappa shape index (κ1) is 15.8. The number of hydrogen-bond acceptors (Lipinski definition) is 5. The van der Waals surface area contributed by atoms with Gasteiger partial charge in [0.2, 0.25) is 0 Å². The Morgan fingerprint density at radius 3 is 2.87 bits per heavy atom. The summed E-state index contributed by atoms with van der Waals surface area (Å²) in [7, 11) is 0. The Hall–Kier alpha value is -2.12. The van der Waals surface area contributed by atoms with E-state index in [-0.39, 0.29) is 18.9 Å². The second-order valence-electron chi connectivity index (χ2n) is 5.40. The van der Waals surface area contributed by atoms with Gasteiger partial charge in [-0.05, 0) is 31.2 Å². The number of morpholine rings is 1. The number of thiophene rings is 1. The SMILES string of the molecule is Cc1ccc(-c2ccc(C(=O)N3CCOCC3CC(=O)O)s2)o1. The quantitative estimate of drug-likeness (QED) is 0.929. The van der Waals surface area contributed by atoms with Crippen molar-refractivity contribution >= 4 is 23.2 Å². The lowest BCUT2D eigenvalue weighted by atomic mass is 10.1. The number of carbonyl (C=O) groups is 2. The topological polar surface area (TPSA) is 80.0 Å². The van der Waals surface area contributed by atoms with Crippen molar-refractivity contribution in [2.75, 3.05) is 19.8 Å². The largest absolute Gasteiger partial charge is 0.481 e. The number of ether oxygens (including phenoxy) is 1. The maximum Gasteiger partial charge on any atom is 0.305 e. The van der Waals surface area contributed by atoms with Gasteiger partial charge in [0.1, 0.15) is 11.5 Å². The van der Waals surface area contributed by atoms with E-state index in [1.54, 1.807) is 11.0 Å². The number of nitrogens with zero attached hydrogens (tertiary/aromatic N) is 1. The van der Waals surface area contributed by atoms with Crippen molar-refractivity contribution in [3.8, 4) is 10.6 Å². The molecule has 122 valence electrons. The van der Waals surface area contributed by atoms with Crippen LogP contribution < -0.4 is 0 Å². The highest BCUT2D eigenvalue weighted by Crippen LogP contribution is 2.30. The molecule has 0 radical (unpaired) electrons. The summed E-state index contributed by atoms with van der Waals surface area (Å²) in [6, 6.07) is 6.93. The molecule has 0 bridgehead atoms. The second kappa shape index (κ2) is 6.55. The van der Waals surface area contributed by atoms with E-state index in [1.807, 2.05) is 25.1 Å². The molecular formula is C16H17NO5S. The summed E-state index contributed by atoms with van der Waals surface area (Å²) in [5.41, 5.74) is 0. The molecule has 0 aliphatic carbocycles. The van der Waals surface area contributed by atoms with Gasteiger partial charge in [-0.2, -0.15) is 0 Å². The van der Waals surface area contributed by atoms with E-state index >= 15 is 0 Å². The Kier molecular flexibility index (Phi) is 4.49. The van der Waals surface area contributed by atoms with E-state index in [1.165, 1.54) is 11.3 Å². The van der Waals surface area contributed by atoms with Crippen LogP contribution in [-0.4, -0.2) is 47.7 Å². The van der Waals surface area contributed by atoms with Gasteiger partial charge in [-0.15, -0.1) is 11.3 Å². The van der Waals surface area contributed by atoms with Gasteiger partial charge in [0.05, 0.1) is 35.4 Å². The molecule has 2 aromatic rings. The lowest BCUT2D eigenvalue weighted by Crippen LogP contribution is -2.49. The molecule has 1 N–H and O–H groups in total. The molecular weight excluding hydrogens is 318 g/mol. The summed E-state index contributed by atoms with van der Waals surface area (Å²) in [5, 5.41) is 8.99. The second-order valence-corrected chi connectivity index (χ2v) is 6.48. The van der Waals surface area contributed by atoms with Gasteiger partial charge in [0.25, 0.3) is 5.91 Å². The number of carboxylic acid groups (broad SMARTS) is 1. The van der Waals surface area contributed by atoms with Crippen LogP contribution in [0.15, 0.2) is 28.7 Å². The number of aryl methyl sites for hydroxylation is 1. The molecule has 1 fully saturated rings. The van der Waals surface area contributed by atoms with Crippen molar-refractivity contribution < 1.29 is 23.8 Å². The average molecular weight is 335 g/mol. The minimum absolute atomic E-state index is 0.110. The molecule has 1 aliphatic heterocycles. The van der Waals surface area contributed by atoms with E-state index in [2.05, 4.69) is 0 Å². The number of hydrogen-bond donors (Lipinski definition) is 1. The van der Waals surface area contributed by atoms with E-state index < -0.39 is 12.0 Å². The summed E-state index contributed by atoms with van der Waals surface area (Å²) < 4.78 is 10.9. The monoisotopic (exact) mass is 335 g/mol. The van der Waals surface area contributed by atoms with Crippen molar-refractivity contribution in [1.29, 1.82) is 0 Å². The van der Waals surface area contributed by atoms with E-state index in [4.69, 9.17) is 14.3 Å². The number of carbonyl (C=O) groups excluding carboxylic acids is 1. The van der Waals surface area contributed by atoms with Crippen LogP contribution in [0.3, 0.4) is 0 Å². The summed E-state index contributed by atoms with van der Waals surface area (Å²) in [6.45, 7) is 2.96. The fourth-order valence-corrected chi connectivity index (χ4v) is 3.51. The molecule has 1 aliphatic rings. The van der Waals surface area contributed by atoms with Gasteiger partial charge < -0.3 is 19.2 Å². The zero-order chi connectivity index (χ0) is 16.4. The summed E-state index contributed by atoms with van der Waals surface area (Å²) in [5.74, 6) is 0.460. The molecule has 1 saturated heterocycles. The van der Waals surface area contributed by atoms with Crippen LogP contribution in [0.1, 0.15) is 21.9 Å². The minimum Gasteiger partial charge on any atom is -0.481 e. The Morgan fingerprint density at radius 2 is 2.17 bits per heavy atom. The Labute approximate surface area is 137 Å². The predicted octanol–water partition coefficient (Wildman–Crippen LogP) is 2.63. The van der Waals surface area contributed by atoms with Crippen LogP contribution in [0.5, 0.6) is 0 Å². The van der Waals surface area contributed by atoms with Gasteiger partial charge in [0, 0.05) is 6.54 Å². The van der Waals surface area contributed by atoms with Gasteiger partial charge in [0.15, 0.2) is 0 Å². The zero-order valence-electron chi connectivity index (χ0n) is 12.7. The zero-order valence-corrected chi connectivity index (χ0v) is 13.5. The summed E-state index contributed by atoms with van der Waals surface area (Å²) in [6.07, 6.45) is -0.110. The third-order valence-electron chi connectivity index (χ3n) is 3.70. The fourth-order valence-electron chi connectivity index (χ4n) is 2.59. The van der Waals surface area contributed by atoms with E-state index in [0.717, 1.165) is 16.4 Å². The van der Waals surface area contributed by atoms with Crippen molar-refractivity contribution in [2.24, 2.45) is 0 Å². The minimum atomic E-state index is -0.934. The maximum absolute atomic E-state index is 12.7. The van der Waals surface area contributed by atoms with E-state index in [0.29, 0.717) is 18.0 Å². The van der Waals surface area contributed by atoms with Crippen molar-refractivity contribution in [2.45, 2.75) is 19.4 Å². The van der Waals surface area contributed by atoms with Crippen molar-refractivity contribution in [3.05, 3.63) is 34.9 Å². The number of aliphatic carboxylic acids is 1. The molecule has 0 saturated carbocycles. The summed E-state index contributed by atoms with van der Waals surface area (Å²) in [4.78, 5) is 26.7. The molecule has 7 heteroatoms. The molecule has 0 spiro atoms. The molecule has 23 heavy (non-hydrogen) atoms. The number of carboxylic acids is 1. The lowest BCUT2D eigenvalue weighted by Gasteiger charge is -2.34. The van der Waals surface area contributed by atoms with Crippen LogP contribution >= 0.6 is 11.3 Å². The van der Waals surface area contributed by atoms with E-state index in [9.17, 15) is 9.59 Å². The normalized spacial score (nSPS) is 18.1. The Balaban J connectivity index is 1.79. The first-order chi connectivity index (χ1) is 11.0. The highest BCUT2D eigenvalue weighted by Gasteiger charge is 2.30. The molecule has 0 aromatic carbocycles. The third kappa shape index (κ3) is 3.46. The smallest absolute Gasteiger partial charge is 0.305 e. The molecule has 3 rings (SSSR count). The van der Waals surface area contributed by atoms with Gasteiger partial charge in [-0.1, -0.05) is 0 Å². The molecule has 6 nitrogen and oxygen atoms in total. The van der Waals surface area contributed by atoms with Crippen LogP contribution in [-0.2, 0) is 9.53 Å². The average Bonchev–Trinajstić information content (AvgIpc) is 3.15. The van der Waals surface area contributed by atoms with Gasteiger partial charge in [-0.25, -0.2) is 0 Å². The maximum atomic E-state index is 12.7. The standard InChI is InChI=1S/C16H17NO5S/c1-10-2-3-12(22-10)13-4-5-14(23-13)16(20)17-6-7-21-9-11(17)8-15(18)19/h2-5,11H,6-9H2,1H3,(H,18,19). The Bertz CT molecular complexity index is 720. The van der Waals surface area contributed by atoms with Gasteiger partial charge >= 0.3 is 5.97 Å². The third-order valence-corrected chi connectivity index (χ3v) is 4.79. The molecule has 2 aromatic heterocycles. The number of furan rings is 1. The van der Waals surface area contributed by atoms with Gasteiger partial charge in [-0.3, -0.25) is 9.59 Å². The fraction of sp³-hybridized carbons (Fsp3) is 0.375. The van der Waals surface area contributed by atoms with Crippen LogP contribution in [0.4, 0.5) is 0 Å². The summed E-state index contributed by atoms with van der Waals surface area (Å²) >= 11 is 1.35. The van der Waals surface area contributed by atoms with Crippen LogP contribution in [0, 0.1) is 6.92 Å². The highest BCUT2D eigenvalue weighted by molar-refractivity contribution is 7.17. The van der Waals surface area contributed by atoms with Crippen LogP contribution in [0.25, 0.3) is 10.6 Å². The number of amides is 1. The number of rotatable bonds is 4. The molecule has 3 heterocycles. The predicted molar refractivity (Wildman–Crippen MR) is 84.7 cm³/mol. The lowest BCUT2D eigenvalue weighted by molar-refractivity contribution is -0.139. The van der Waals surface area contributed by atoms with Crippen LogP contribution in [0.2, 0.25) is 0 Å².